The first-order chi connectivity index (χ1) is 14.7. The molecule has 0 aliphatic rings. The van der Waals surface area contributed by atoms with Crippen LogP contribution in [-0.2, 0) is 19.4 Å². The van der Waals surface area contributed by atoms with E-state index in [2.05, 4.69) is 0 Å². The third-order valence-electron chi connectivity index (χ3n) is 4.87. The number of sulfone groups is 1. The Labute approximate surface area is 180 Å². The van der Waals surface area contributed by atoms with Crippen LogP contribution in [0.5, 0.6) is 0 Å². The molecule has 0 N–H and O–H groups in total. The molecule has 0 spiro atoms. The van der Waals surface area contributed by atoms with Crippen LogP contribution in [0.15, 0.2) is 83.8 Å². The first kappa shape index (κ1) is 22.4. The van der Waals surface area contributed by atoms with Gasteiger partial charge in [0.1, 0.15) is 5.82 Å². The molecule has 0 aliphatic heterocycles. The topological polar surface area (TPSA) is 77.5 Å². The maximum Gasteiger partial charge on any atom is 0.314 e. The standard InChI is InChI=1S/C24H21FO5S/c1-16(17-6-4-3-5-7-17)24(27)30-23(22(26)18-8-12-20(25)13-9-18)19-10-14-21(15-11-19)31(2,28)29/h3-16,23H,1-2H3. The highest BCUT2D eigenvalue weighted by molar-refractivity contribution is 7.90. The summed E-state index contributed by atoms with van der Waals surface area (Å²) in [4.78, 5) is 26.0. The van der Waals surface area contributed by atoms with E-state index in [0.29, 0.717) is 5.56 Å². The fourth-order valence-electron chi connectivity index (χ4n) is 3.02. The molecule has 0 bridgehead atoms. The molecule has 0 aliphatic carbocycles. The van der Waals surface area contributed by atoms with Crippen LogP contribution in [0.2, 0.25) is 0 Å². The number of carbonyl (C=O) groups excluding carboxylic acids is 2. The van der Waals surface area contributed by atoms with E-state index in [1.807, 2.05) is 6.07 Å². The quantitative estimate of drug-likeness (QED) is 0.399. The van der Waals surface area contributed by atoms with Crippen LogP contribution in [0.4, 0.5) is 4.39 Å². The minimum atomic E-state index is -3.43. The number of hydrogen-bond acceptors (Lipinski definition) is 5. The molecule has 2 unspecified atom stereocenters. The van der Waals surface area contributed by atoms with Gasteiger partial charge < -0.3 is 4.74 Å². The van der Waals surface area contributed by atoms with Crippen molar-refractivity contribution in [2.45, 2.75) is 23.8 Å². The lowest BCUT2D eigenvalue weighted by molar-refractivity contribution is -0.148. The Balaban J connectivity index is 1.94. The number of ketones is 1. The summed E-state index contributed by atoms with van der Waals surface area (Å²) in [6.07, 6.45) is -0.234. The molecular formula is C24H21FO5S. The van der Waals surface area contributed by atoms with Gasteiger partial charge in [-0.15, -0.1) is 0 Å². The van der Waals surface area contributed by atoms with E-state index in [4.69, 9.17) is 4.74 Å². The summed E-state index contributed by atoms with van der Waals surface area (Å²) in [5.74, 6) is -2.28. The second-order valence-electron chi connectivity index (χ2n) is 7.16. The predicted octanol–water partition coefficient (Wildman–Crippen LogP) is 4.50. The van der Waals surface area contributed by atoms with E-state index in [9.17, 15) is 22.4 Å². The lowest BCUT2D eigenvalue weighted by Crippen LogP contribution is -2.23. The van der Waals surface area contributed by atoms with Gasteiger partial charge in [0.25, 0.3) is 0 Å². The van der Waals surface area contributed by atoms with Gasteiger partial charge in [0.15, 0.2) is 15.9 Å². The third-order valence-corrected chi connectivity index (χ3v) is 5.99. The molecule has 7 heteroatoms. The van der Waals surface area contributed by atoms with E-state index >= 15 is 0 Å². The summed E-state index contributed by atoms with van der Waals surface area (Å²) >= 11 is 0. The lowest BCUT2D eigenvalue weighted by Gasteiger charge is -2.20. The Morgan fingerprint density at radius 2 is 1.42 bits per heavy atom. The number of carbonyl (C=O) groups is 2. The number of ether oxygens (including phenoxy) is 1. The molecule has 31 heavy (non-hydrogen) atoms. The second-order valence-corrected chi connectivity index (χ2v) is 9.18. The van der Waals surface area contributed by atoms with Crippen molar-refractivity contribution >= 4 is 21.6 Å². The zero-order valence-electron chi connectivity index (χ0n) is 17.0. The normalized spacial score (nSPS) is 13.3. The summed E-state index contributed by atoms with van der Waals surface area (Å²) in [6.45, 7) is 1.67. The number of Topliss-reactive ketones (excluding diaryl/α,β-unsaturated/α-hetero) is 1. The first-order valence-corrected chi connectivity index (χ1v) is 11.4. The number of esters is 1. The number of halogens is 1. The van der Waals surface area contributed by atoms with E-state index in [1.165, 1.54) is 36.4 Å². The van der Waals surface area contributed by atoms with Crippen molar-refractivity contribution in [2.75, 3.05) is 6.26 Å². The highest BCUT2D eigenvalue weighted by Crippen LogP contribution is 2.27. The van der Waals surface area contributed by atoms with Gasteiger partial charge in [-0.1, -0.05) is 42.5 Å². The molecule has 0 fully saturated rings. The molecule has 3 aromatic rings. The first-order valence-electron chi connectivity index (χ1n) is 9.52. The molecule has 2 atom stereocenters. The average Bonchev–Trinajstić information content (AvgIpc) is 2.77. The molecule has 3 rings (SSSR count). The third kappa shape index (κ3) is 5.44. The van der Waals surface area contributed by atoms with E-state index in [1.54, 1.807) is 31.2 Å². The smallest absolute Gasteiger partial charge is 0.314 e. The van der Waals surface area contributed by atoms with Gasteiger partial charge in [0, 0.05) is 17.4 Å². The Hall–Kier alpha value is -3.32. The van der Waals surface area contributed by atoms with Gasteiger partial charge in [-0.05, 0) is 48.9 Å². The molecular weight excluding hydrogens is 419 g/mol. The maximum absolute atomic E-state index is 13.3. The lowest BCUT2D eigenvalue weighted by atomic mass is 9.98. The fraction of sp³-hybridized carbons (Fsp3) is 0.167. The second kappa shape index (κ2) is 9.22. The summed E-state index contributed by atoms with van der Waals surface area (Å²) in [5.41, 5.74) is 1.21. The Morgan fingerprint density at radius 3 is 1.97 bits per heavy atom. The van der Waals surface area contributed by atoms with Gasteiger partial charge in [-0.25, -0.2) is 12.8 Å². The average molecular weight is 440 g/mol. The molecule has 0 amide bonds. The van der Waals surface area contributed by atoms with Gasteiger partial charge in [0.05, 0.1) is 10.8 Å². The Morgan fingerprint density at radius 1 is 0.839 bits per heavy atom. The number of rotatable bonds is 7. The van der Waals surface area contributed by atoms with Crippen molar-refractivity contribution in [1.82, 2.24) is 0 Å². The summed E-state index contributed by atoms with van der Waals surface area (Å²) in [5, 5.41) is 0. The van der Waals surface area contributed by atoms with Crippen molar-refractivity contribution in [3.05, 3.63) is 101 Å². The largest absolute Gasteiger partial charge is 0.449 e. The number of hydrogen-bond donors (Lipinski definition) is 0. The molecule has 3 aromatic carbocycles. The zero-order chi connectivity index (χ0) is 22.6. The Bertz CT molecular complexity index is 1170. The van der Waals surface area contributed by atoms with Crippen LogP contribution in [0.25, 0.3) is 0 Å². The molecule has 0 aromatic heterocycles. The maximum atomic E-state index is 13.3. The van der Waals surface area contributed by atoms with Crippen LogP contribution in [0, 0.1) is 5.82 Å². The van der Waals surface area contributed by atoms with Crippen LogP contribution in [-0.4, -0.2) is 26.4 Å². The SMILES string of the molecule is CC(C(=O)OC(C(=O)c1ccc(F)cc1)c1ccc(S(C)(=O)=O)cc1)c1ccccc1. The van der Waals surface area contributed by atoms with Crippen molar-refractivity contribution in [3.8, 4) is 0 Å². The summed E-state index contributed by atoms with van der Waals surface area (Å²) in [7, 11) is -3.43. The molecule has 160 valence electrons. The molecule has 0 radical (unpaired) electrons. The predicted molar refractivity (Wildman–Crippen MR) is 114 cm³/mol. The van der Waals surface area contributed by atoms with E-state index in [0.717, 1.165) is 24.0 Å². The summed E-state index contributed by atoms with van der Waals surface area (Å²) < 4.78 is 42.3. The number of benzene rings is 3. The van der Waals surface area contributed by atoms with Crippen molar-refractivity contribution in [3.63, 3.8) is 0 Å². The van der Waals surface area contributed by atoms with Crippen LogP contribution >= 0.6 is 0 Å². The summed E-state index contributed by atoms with van der Waals surface area (Å²) in [6, 6.07) is 19.5. The van der Waals surface area contributed by atoms with E-state index in [-0.39, 0.29) is 10.5 Å². The van der Waals surface area contributed by atoms with Crippen LogP contribution in [0.3, 0.4) is 0 Å². The molecule has 0 saturated heterocycles. The van der Waals surface area contributed by atoms with Crippen molar-refractivity contribution in [2.24, 2.45) is 0 Å². The fourth-order valence-corrected chi connectivity index (χ4v) is 3.65. The molecule has 0 saturated carbocycles. The minimum Gasteiger partial charge on any atom is -0.449 e. The van der Waals surface area contributed by atoms with Crippen molar-refractivity contribution in [1.29, 1.82) is 0 Å². The zero-order valence-corrected chi connectivity index (χ0v) is 17.8. The van der Waals surface area contributed by atoms with Crippen LogP contribution < -0.4 is 0 Å². The monoisotopic (exact) mass is 440 g/mol. The highest BCUT2D eigenvalue weighted by atomic mass is 32.2. The molecule has 0 heterocycles. The molecule has 5 nitrogen and oxygen atoms in total. The van der Waals surface area contributed by atoms with Crippen molar-refractivity contribution < 1.29 is 27.1 Å². The van der Waals surface area contributed by atoms with E-state index < -0.39 is 39.4 Å². The highest BCUT2D eigenvalue weighted by Gasteiger charge is 2.29. The van der Waals surface area contributed by atoms with Gasteiger partial charge in [0.2, 0.25) is 5.78 Å². The minimum absolute atomic E-state index is 0.0770. The van der Waals surface area contributed by atoms with Crippen LogP contribution in [0.1, 0.15) is 40.4 Å². The van der Waals surface area contributed by atoms with Gasteiger partial charge in [-0.3, -0.25) is 9.59 Å². The Kier molecular flexibility index (Phi) is 6.65. The van der Waals surface area contributed by atoms with Gasteiger partial charge in [-0.2, -0.15) is 0 Å². The van der Waals surface area contributed by atoms with Gasteiger partial charge >= 0.3 is 5.97 Å².